The van der Waals surface area contributed by atoms with Crippen LogP contribution < -0.4 is 4.72 Å². The summed E-state index contributed by atoms with van der Waals surface area (Å²) in [7, 11) is -2.62. The van der Waals surface area contributed by atoms with E-state index in [1.807, 2.05) is 0 Å². The van der Waals surface area contributed by atoms with Gasteiger partial charge in [-0.05, 0) is 19.3 Å². The number of methoxy groups -OCH3 is 1. The molecule has 0 unspecified atom stereocenters. The van der Waals surface area contributed by atoms with Gasteiger partial charge in [-0.3, -0.25) is 9.59 Å². The fraction of sp³-hybridized carbons (Fsp3) is 0.800. The third kappa shape index (κ3) is 4.77. The monoisotopic (exact) mass is 294 g/mol. The summed E-state index contributed by atoms with van der Waals surface area (Å²) >= 11 is 0. The van der Waals surface area contributed by atoms with Crippen molar-refractivity contribution in [1.29, 1.82) is 0 Å². The molecule has 19 heavy (non-hydrogen) atoms. The molecule has 9 heteroatoms. The van der Waals surface area contributed by atoms with Crippen LogP contribution >= 0.6 is 0 Å². The van der Waals surface area contributed by atoms with E-state index >= 15 is 0 Å². The zero-order chi connectivity index (χ0) is 14.5. The van der Waals surface area contributed by atoms with Crippen molar-refractivity contribution in [3.8, 4) is 0 Å². The second-order valence-corrected chi connectivity index (χ2v) is 5.94. The van der Waals surface area contributed by atoms with Gasteiger partial charge in [0.15, 0.2) is 0 Å². The van der Waals surface area contributed by atoms with E-state index in [4.69, 9.17) is 5.11 Å². The average molecular weight is 294 g/mol. The molecule has 0 aliphatic carbocycles. The Morgan fingerprint density at radius 1 is 1.37 bits per heavy atom. The molecule has 0 bridgehead atoms. The number of hydrogen-bond donors (Lipinski definition) is 2. The molecule has 0 spiro atoms. The number of carboxylic acid groups (broad SMARTS) is 1. The minimum Gasteiger partial charge on any atom is -0.480 e. The number of nitrogens with zero attached hydrogens (tertiary/aromatic N) is 1. The van der Waals surface area contributed by atoms with E-state index in [9.17, 15) is 18.0 Å². The molecule has 8 nitrogen and oxygen atoms in total. The smallest absolute Gasteiger partial charge is 0.321 e. The number of ether oxygens (including phenoxy) is 1. The summed E-state index contributed by atoms with van der Waals surface area (Å²) in [5, 5.41) is 8.97. The van der Waals surface area contributed by atoms with E-state index < -0.39 is 28.2 Å². The maximum atomic E-state index is 11.9. The van der Waals surface area contributed by atoms with Crippen LogP contribution in [0.5, 0.6) is 0 Å². The zero-order valence-corrected chi connectivity index (χ0v) is 11.5. The number of carbonyl (C=O) groups is 2. The average Bonchev–Trinajstić information content (AvgIpc) is 2.88. The second-order valence-electron chi connectivity index (χ2n) is 4.23. The first-order valence-corrected chi connectivity index (χ1v) is 7.38. The number of esters is 1. The van der Waals surface area contributed by atoms with Crippen LogP contribution in [0.2, 0.25) is 0 Å². The molecule has 1 rings (SSSR count). The van der Waals surface area contributed by atoms with Gasteiger partial charge in [0.1, 0.15) is 6.04 Å². The summed E-state index contributed by atoms with van der Waals surface area (Å²) in [5.41, 5.74) is 0. The SMILES string of the molecule is COC(=O)CC[C@@H](NS(=O)(=O)N1CCCC1)C(=O)O. The first-order chi connectivity index (χ1) is 8.86. The van der Waals surface area contributed by atoms with Gasteiger partial charge in [-0.15, -0.1) is 0 Å². The van der Waals surface area contributed by atoms with Gasteiger partial charge in [0.25, 0.3) is 10.2 Å². The van der Waals surface area contributed by atoms with Gasteiger partial charge in [-0.1, -0.05) is 0 Å². The molecule has 1 atom stereocenters. The van der Waals surface area contributed by atoms with Gasteiger partial charge in [0.05, 0.1) is 7.11 Å². The summed E-state index contributed by atoms with van der Waals surface area (Å²) in [6.07, 6.45) is 1.23. The Hall–Kier alpha value is -1.19. The molecular formula is C10H18N2O6S. The van der Waals surface area contributed by atoms with Crippen molar-refractivity contribution in [3.05, 3.63) is 0 Å². The van der Waals surface area contributed by atoms with Crippen molar-refractivity contribution in [3.63, 3.8) is 0 Å². The number of nitrogens with one attached hydrogen (secondary N) is 1. The lowest BCUT2D eigenvalue weighted by molar-refractivity contribution is -0.142. The molecule has 0 amide bonds. The van der Waals surface area contributed by atoms with Crippen LogP contribution in [0.1, 0.15) is 25.7 Å². The maximum absolute atomic E-state index is 11.9. The van der Waals surface area contributed by atoms with Crippen LogP contribution in [0.4, 0.5) is 0 Å². The summed E-state index contributed by atoms with van der Waals surface area (Å²) in [6.45, 7) is 0.775. The van der Waals surface area contributed by atoms with Crippen LogP contribution in [-0.4, -0.2) is 56.0 Å². The highest BCUT2D eigenvalue weighted by Gasteiger charge is 2.30. The minimum atomic E-state index is -3.81. The van der Waals surface area contributed by atoms with E-state index in [1.165, 1.54) is 11.4 Å². The lowest BCUT2D eigenvalue weighted by Crippen LogP contribution is -2.47. The molecule has 1 heterocycles. The fourth-order valence-corrected chi connectivity index (χ4v) is 3.25. The maximum Gasteiger partial charge on any atom is 0.321 e. The molecular weight excluding hydrogens is 276 g/mol. The van der Waals surface area contributed by atoms with E-state index in [1.54, 1.807) is 0 Å². The molecule has 0 saturated carbocycles. The standard InChI is InChI=1S/C10H18N2O6S/c1-18-9(13)5-4-8(10(14)15)11-19(16,17)12-6-2-3-7-12/h8,11H,2-7H2,1H3,(H,14,15)/t8-/m1/s1. The topological polar surface area (TPSA) is 113 Å². The fourth-order valence-electron chi connectivity index (χ4n) is 1.78. The van der Waals surface area contributed by atoms with Gasteiger partial charge in [-0.25, -0.2) is 0 Å². The minimum absolute atomic E-state index is 0.144. The van der Waals surface area contributed by atoms with Gasteiger partial charge in [-0.2, -0.15) is 17.4 Å². The number of carbonyl (C=O) groups excluding carboxylic acids is 1. The Bertz CT molecular complexity index is 429. The number of aliphatic carboxylic acids is 1. The molecule has 0 aromatic carbocycles. The van der Waals surface area contributed by atoms with Gasteiger partial charge in [0, 0.05) is 19.5 Å². The lowest BCUT2D eigenvalue weighted by atomic mass is 10.2. The Kier molecular flexibility index (Phi) is 5.70. The Morgan fingerprint density at radius 3 is 2.42 bits per heavy atom. The molecule has 110 valence electrons. The van der Waals surface area contributed by atoms with Crippen LogP contribution in [-0.2, 0) is 24.5 Å². The quantitative estimate of drug-likeness (QED) is 0.602. The molecule has 1 fully saturated rings. The predicted molar refractivity (Wildman–Crippen MR) is 65.5 cm³/mol. The Labute approximate surface area is 111 Å². The number of carboxylic acids is 1. The van der Waals surface area contributed by atoms with Crippen molar-refractivity contribution in [2.45, 2.75) is 31.7 Å². The van der Waals surface area contributed by atoms with Gasteiger partial charge >= 0.3 is 11.9 Å². The Morgan fingerprint density at radius 2 is 1.95 bits per heavy atom. The molecule has 1 aliphatic rings. The normalized spacial score (nSPS) is 18.2. The lowest BCUT2D eigenvalue weighted by Gasteiger charge is -2.20. The van der Waals surface area contributed by atoms with Crippen LogP contribution in [0.3, 0.4) is 0 Å². The summed E-state index contributed by atoms with van der Waals surface area (Å²) < 4.78 is 31.5. The summed E-state index contributed by atoms with van der Waals surface area (Å²) in [6, 6.07) is -1.33. The second kappa shape index (κ2) is 6.83. The van der Waals surface area contributed by atoms with Crippen molar-refractivity contribution in [1.82, 2.24) is 9.03 Å². The zero-order valence-electron chi connectivity index (χ0n) is 10.7. The first kappa shape index (κ1) is 15.9. The largest absolute Gasteiger partial charge is 0.480 e. The van der Waals surface area contributed by atoms with E-state index in [2.05, 4.69) is 9.46 Å². The highest BCUT2D eigenvalue weighted by Crippen LogP contribution is 2.12. The highest BCUT2D eigenvalue weighted by atomic mass is 32.2. The first-order valence-electron chi connectivity index (χ1n) is 5.94. The van der Waals surface area contributed by atoms with Crippen molar-refractivity contribution < 1.29 is 27.9 Å². The van der Waals surface area contributed by atoms with E-state index in [-0.39, 0.29) is 12.8 Å². The number of rotatable bonds is 7. The third-order valence-corrected chi connectivity index (χ3v) is 4.49. The Balaban J connectivity index is 2.62. The van der Waals surface area contributed by atoms with E-state index in [0.717, 1.165) is 12.8 Å². The van der Waals surface area contributed by atoms with E-state index in [0.29, 0.717) is 13.1 Å². The van der Waals surface area contributed by atoms with Crippen molar-refractivity contribution in [2.24, 2.45) is 0 Å². The molecule has 0 radical (unpaired) electrons. The molecule has 0 aromatic rings. The molecule has 1 aliphatic heterocycles. The van der Waals surface area contributed by atoms with Crippen molar-refractivity contribution in [2.75, 3.05) is 20.2 Å². The highest BCUT2D eigenvalue weighted by molar-refractivity contribution is 7.87. The molecule has 2 N–H and O–H groups in total. The number of hydrogen-bond acceptors (Lipinski definition) is 5. The molecule has 0 aromatic heterocycles. The third-order valence-electron chi connectivity index (χ3n) is 2.86. The van der Waals surface area contributed by atoms with Crippen LogP contribution in [0, 0.1) is 0 Å². The van der Waals surface area contributed by atoms with Crippen molar-refractivity contribution >= 4 is 22.1 Å². The summed E-state index contributed by atoms with van der Waals surface area (Å²) in [5.74, 6) is -1.89. The van der Waals surface area contributed by atoms with Gasteiger partial charge < -0.3 is 9.84 Å². The summed E-state index contributed by atoms with van der Waals surface area (Å²) in [4.78, 5) is 22.0. The van der Waals surface area contributed by atoms with Crippen LogP contribution in [0.15, 0.2) is 0 Å². The molecule has 1 saturated heterocycles. The van der Waals surface area contributed by atoms with Gasteiger partial charge in [0.2, 0.25) is 0 Å². The van der Waals surface area contributed by atoms with Crippen LogP contribution in [0.25, 0.3) is 0 Å². The predicted octanol–water partition coefficient (Wildman–Crippen LogP) is -0.677.